The standard InChI is InChI=1S/C20H22N4O4S/c1-27-17-6-2-14(3-7-17)19-22-20(28-23-19)15-10-12-24(13-11-15)29(25,26)18-8-4-16(21)5-9-18/h2-9,15H,10-13,21H2,1H3. The first-order valence-electron chi connectivity index (χ1n) is 9.31. The lowest BCUT2D eigenvalue weighted by molar-refractivity contribution is 0.271. The summed E-state index contributed by atoms with van der Waals surface area (Å²) in [4.78, 5) is 4.77. The average molecular weight is 414 g/mol. The lowest BCUT2D eigenvalue weighted by Crippen LogP contribution is -2.37. The predicted octanol–water partition coefficient (Wildman–Crippen LogP) is 2.90. The number of benzene rings is 2. The topological polar surface area (TPSA) is 112 Å². The zero-order valence-corrected chi connectivity index (χ0v) is 16.8. The molecular formula is C20H22N4O4S. The van der Waals surface area contributed by atoms with Gasteiger partial charge in [0, 0.05) is 30.3 Å². The molecule has 0 aliphatic carbocycles. The third-order valence-corrected chi connectivity index (χ3v) is 7.02. The van der Waals surface area contributed by atoms with Gasteiger partial charge in [-0.2, -0.15) is 9.29 Å². The molecule has 0 radical (unpaired) electrons. The van der Waals surface area contributed by atoms with Gasteiger partial charge in [-0.15, -0.1) is 0 Å². The molecule has 1 aliphatic heterocycles. The second kappa shape index (κ2) is 7.84. The van der Waals surface area contributed by atoms with E-state index in [1.54, 1.807) is 19.2 Å². The highest BCUT2D eigenvalue weighted by Crippen LogP contribution is 2.31. The molecule has 9 heteroatoms. The van der Waals surface area contributed by atoms with Gasteiger partial charge in [-0.25, -0.2) is 8.42 Å². The van der Waals surface area contributed by atoms with E-state index in [9.17, 15) is 8.42 Å². The van der Waals surface area contributed by atoms with E-state index in [0.29, 0.717) is 43.3 Å². The third kappa shape index (κ3) is 3.96. The van der Waals surface area contributed by atoms with Crippen molar-refractivity contribution >= 4 is 15.7 Å². The molecule has 0 amide bonds. The molecule has 3 aromatic rings. The number of nitrogens with two attached hydrogens (primary N) is 1. The number of sulfonamides is 1. The molecule has 1 fully saturated rings. The normalized spacial score (nSPS) is 16.0. The molecule has 8 nitrogen and oxygen atoms in total. The fourth-order valence-corrected chi connectivity index (χ4v) is 4.86. The number of hydrogen-bond acceptors (Lipinski definition) is 7. The van der Waals surface area contributed by atoms with Crippen LogP contribution in [0.5, 0.6) is 5.75 Å². The van der Waals surface area contributed by atoms with Gasteiger partial charge < -0.3 is 15.0 Å². The fourth-order valence-electron chi connectivity index (χ4n) is 3.39. The summed E-state index contributed by atoms with van der Waals surface area (Å²) in [6.45, 7) is 0.801. The van der Waals surface area contributed by atoms with E-state index in [1.807, 2.05) is 24.3 Å². The van der Waals surface area contributed by atoms with E-state index in [1.165, 1.54) is 16.4 Å². The number of piperidine rings is 1. The summed E-state index contributed by atoms with van der Waals surface area (Å²) < 4.78 is 37.7. The first kappa shape index (κ1) is 19.4. The second-order valence-electron chi connectivity index (χ2n) is 6.93. The molecule has 152 valence electrons. The highest BCUT2D eigenvalue weighted by atomic mass is 32.2. The zero-order chi connectivity index (χ0) is 20.4. The Bertz CT molecular complexity index is 1070. The van der Waals surface area contributed by atoms with Gasteiger partial charge in [0.2, 0.25) is 21.7 Å². The maximum atomic E-state index is 12.8. The lowest BCUT2D eigenvalue weighted by atomic mass is 9.98. The van der Waals surface area contributed by atoms with E-state index < -0.39 is 10.0 Å². The highest BCUT2D eigenvalue weighted by molar-refractivity contribution is 7.89. The van der Waals surface area contributed by atoms with Gasteiger partial charge in [0.15, 0.2) is 0 Å². The van der Waals surface area contributed by atoms with Crippen LogP contribution in [0.1, 0.15) is 24.7 Å². The first-order valence-corrected chi connectivity index (χ1v) is 10.7. The van der Waals surface area contributed by atoms with Crippen LogP contribution in [-0.2, 0) is 10.0 Å². The Balaban J connectivity index is 1.43. The van der Waals surface area contributed by atoms with Crippen molar-refractivity contribution in [2.75, 3.05) is 25.9 Å². The number of methoxy groups -OCH3 is 1. The number of ether oxygens (including phenoxy) is 1. The molecule has 0 saturated carbocycles. The summed E-state index contributed by atoms with van der Waals surface area (Å²) in [7, 11) is -1.92. The number of rotatable bonds is 5. The number of anilines is 1. The van der Waals surface area contributed by atoms with Crippen molar-refractivity contribution in [2.45, 2.75) is 23.7 Å². The van der Waals surface area contributed by atoms with E-state index in [2.05, 4.69) is 10.1 Å². The maximum Gasteiger partial charge on any atom is 0.243 e. The van der Waals surface area contributed by atoms with E-state index >= 15 is 0 Å². The molecule has 2 aromatic carbocycles. The third-order valence-electron chi connectivity index (χ3n) is 5.11. The van der Waals surface area contributed by atoms with E-state index in [4.69, 9.17) is 15.0 Å². The number of hydrogen-bond donors (Lipinski definition) is 1. The molecule has 2 N–H and O–H groups in total. The van der Waals surface area contributed by atoms with Crippen LogP contribution in [0.15, 0.2) is 57.9 Å². The molecule has 0 atom stereocenters. The summed E-state index contributed by atoms with van der Waals surface area (Å²) in [6.07, 6.45) is 1.25. The summed E-state index contributed by atoms with van der Waals surface area (Å²) in [5, 5.41) is 4.07. The van der Waals surface area contributed by atoms with Gasteiger partial charge in [-0.1, -0.05) is 5.16 Å². The van der Waals surface area contributed by atoms with Gasteiger partial charge in [0.05, 0.1) is 12.0 Å². The molecule has 0 unspecified atom stereocenters. The van der Waals surface area contributed by atoms with Crippen molar-refractivity contribution in [1.82, 2.24) is 14.4 Å². The van der Waals surface area contributed by atoms with Crippen LogP contribution in [-0.4, -0.2) is 43.1 Å². The molecule has 4 rings (SSSR count). The number of nitrogens with zero attached hydrogens (tertiary/aromatic N) is 3. The minimum absolute atomic E-state index is 0.0346. The van der Waals surface area contributed by atoms with Crippen molar-refractivity contribution in [2.24, 2.45) is 0 Å². The molecule has 2 heterocycles. The summed E-state index contributed by atoms with van der Waals surface area (Å²) >= 11 is 0. The van der Waals surface area contributed by atoms with E-state index in [0.717, 1.165) is 11.3 Å². The Morgan fingerprint density at radius 1 is 1.07 bits per heavy atom. The van der Waals surface area contributed by atoms with Crippen molar-refractivity contribution in [3.8, 4) is 17.1 Å². The van der Waals surface area contributed by atoms with Crippen LogP contribution in [0.2, 0.25) is 0 Å². The molecule has 0 bridgehead atoms. The van der Waals surface area contributed by atoms with Gasteiger partial charge in [0.25, 0.3) is 0 Å². The minimum Gasteiger partial charge on any atom is -0.497 e. The van der Waals surface area contributed by atoms with E-state index in [-0.39, 0.29) is 10.8 Å². The van der Waals surface area contributed by atoms with Gasteiger partial charge in [-0.05, 0) is 61.4 Å². The van der Waals surface area contributed by atoms with Crippen LogP contribution in [0.4, 0.5) is 5.69 Å². The molecule has 1 aromatic heterocycles. The van der Waals surface area contributed by atoms with Crippen molar-refractivity contribution in [1.29, 1.82) is 0 Å². The van der Waals surface area contributed by atoms with Crippen LogP contribution in [0.3, 0.4) is 0 Å². The van der Waals surface area contributed by atoms with Crippen LogP contribution < -0.4 is 10.5 Å². The Morgan fingerprint density at radius 2 is 1.72 bits per heavy atom. The average Bonchev–Trinajstić information content (AvgIpc) is 3.24. The first-order chi connectivity index (χ1) is 14.0. The highest BCUT2D eigenvalue weighted by Gasteiger charge is 2.32. The minimum atomic E-state index is -3.53. The van der Waals surface area contributed by atoms with Gasteiger partial charge in [0.1, 0.15) is 5.75 Å². The molecule has 1 saturated heterocycles. The SMILES string of the molecule is COc1ccc(-c2noc(C3CCN(S(=O)(=O)c4ccc(N)cc4)CC3)n2)cc1. The quantitative estimate of drug-likeness (QED) is 0.639. The summed E-state index contributed by atoms with van der Waals surface area (Å²) in [5.74, 6) is 1.85. The summed E-state index contributed by atoms with van der Waals surface area (Å²) in [6, 6.07) is 13.7. The van der Waals surface area contributed by atoms with Crippen molar-refractivity contribution in [3.05, 3.63) is 54.4 Å². The number of aromatic nitrogens is 2. The van der Waals surface area contributed by atoms with Crippen molar-refractivity contribution < 1.29 is 17.7 Å². The van der Waals surface area contributed by atoms with Crippen LogP contribution in [0.25, 0.3) is 11.4 Å². The lowest BCUT2D eigenvalue weighted by Gasteiger charge is -2.29. The maximum absolute atomic E-state index is 12.8. The Kier molecular flexibility index (Phi) is 5.25. The van der Waals surface area contributed by atoms with Gasteiger partial charge >= 0.3 is 0 Å². The smallest absolute Gasteiger partial charge is 0.243 e. The molecular weight excluding hydrogens is 392 g/mol. The van der Waals surface area contributed by atoms with Crippen molar-refractivity contribution in [3.63, 3.8) is 0 Å². The van der Waals surface area contributed by atoms with Crippen LogP contribution >= 0.6 is 0 Å². The fraction of sp³-hybridized carbons (Fsp3) is 0.300. The zero-order valence-electron chi connectivity index (χ0n) is 16.0. The Hall–Kier alpha value is -2.91. The largest absolute Gasteiger partial charge is 0.497 e. The monoisotopic (exact) mass is 414 g/mol. The molecule has 0 spiro atoms. The summed E-state index contributed by atoms with van der Waals surface area (Å²) in [5.41, 5.74) is 7.02. The Labute approximate surface area is 169 Å². The van der Waals surface area contributed by atoms with Gasteiger partial charge in [-0.3, -0.25) is 0 Å². The number of nitrogen functional groups attached to an aromatic ring is 1. The second-order valence-corrected chi connectivity index (χ2v) is 8.87. The Morgan fingerprint density at radius 3 is 2.34 bits per heavy atom. The van der Waals surface area contributed by atoms with Crippen LogP contribution in [0, 0.1) is 0 Å². The predicted molar refractivity (Wildman–Crippen MR) is 108 cm³/mol. The molecule has 1 aliphatic rings. The molecule has 29 heavy (non-hydrogen) atoms.